The van der Waals surface area contributed by atoms with Crippen LogP contribution in [0, 0.1) is 6.92 Å². The van der Waals surface area contributed by atoms with Crippen LogP contribution >= 0.6 is 11.3 Å². The molecule has 2 heterocycles. The van der Waals surface area contributed by atoms with E-state index in [9.17, 15) is 4.79 Å². The first kappa shape index (κ1) is 19.8. The summed E-state index contributed by atoms with van der Waals surface area (Å²) in [5.74, 6) is 1.83. The van der Waals surface area contributed by atoms with Crippen molar-refractivity contribution < 1.29 is 13.9 Å². The molecule has 0 saturated carbocycles. The van der Waals surface area contributed by atoms with Crippen molar-refractivity contribution in [3.63, 3.8) is 0 Å². The number of carbonyl (C=O) groups excluding carboxylic acids is 1. The molecule has 0 spiro atoms. The molecule has 1 aliphatic carbocycles. The van der Waals surface area contributed by atoms with Gasteiger partial charge in [0, 0.05) is 39.5 Å². The fourth-order valence-electron chi connectivity index (χ4n) is 4.07. The molecule has 0 unspecified atom stereocenters. The van der Waals surface area contributed by atoms with Crippen LogP contribution in [0.15, 0.2) is 34.1 Å². The molecule has 3 aromatic rings. The van der Waals surface area contributed by atoms with Crippen molar-refractivity contribution in [3.8, 4) is 5.75 Å². The molecular formula is C24H27NO3S. The summed E-state index contributed by atoms with van der Waals surface area (Å²) in [5.41, 5.74) is 5.14. The highest BCUT2D eigenvalue weighted by molar-refractivity contribution is 7.09. The van der Waals surface area contributed by atoms with Crippen LogP contribution in [0.4, 0.5) is 0 Å². The molecule has 0 fully saturated rings. The zero-order chi connectivity index (χ0) is 20.4. The van der Waals surface area contributed by atoms with Crippen molar-refractivity contribution in [1.82, 2.24) is 5.32 Å². The highest BCUT2D eigenvalue weighted by atomic mass is 32.1. The van der Waals surface area contributed by atoms with Crippen LogP contribution in [0.5, 0.6) is 5.75 Å². The van der Waals surface area contributed by atoms with Crippen molar-refractivity contribution in [2.75, 3.05) is 6.61 Å². The molecule has 0 atom stereocenters. The van der Waals surface area contributed by atoms with E-state index >= 15 is 0 Å². The number of rotatable bonds is 6. The van der Waals surface area contributed by atoms with Crippen molar-refractivity contribution >= 4 is 33.8 Å². The molecule has 5 heteroatoms. The topological polar surface area (TPSA) is 51.5 Å². The van der Waals surface area contributed by atoms with Gasteiger partial charge in [-0.05, 0) is 63.1 Å². The van der Waals surface area contributed by atoms with E-state index < -0.39 is 0 Å². The van der Waals surface area contributed by atoms with Gasteiger partial charge in [-0.2, -0.15) is 0 Å². The normalized spacial score (nSPS) is 14.1. The Labute approximate surface area is 175 Å². The number of hydrogen-bond donors (Lipinski definition) is 1. The van der Waals surface area contributed by atoms with E-state index in [1.165, 1.54) is 23.8 Å². The maximum Gasteiger partial charge on any atom is 0.244 e. The number of amides is 1. The van der Waals surface area contributed by atoms with Gasteiger partial charge in [0.2, 0.25) is 5.91 Å². The number of ether oxygens (including phenoxy) is 1. The molecular weight excluding hydrogens is 382 g/mol. The molecule has 29 heavy (non-hydrogen) atoms. The first-order valence-corrected chi connectivity index (χ1v) is 11.2. The Bertz CT molecular complexity index is 1060. The molecule has 0 aliphatic heterocycles. The third-order valence-electron chi connectivity index (χ3n) is 5.50. The Hall–Kier alpha value is -2.53. The third-order valence-corrected chi connectivity index (χ3v) is 6.38. The minimum Gasteiger partial charge on any atom is -0.493 e. The predicted molar refractivity (Wildman–Crippen MR) is 119 cm³/mol. The fourth-order valence-corrected chi connectivity index (χ4v) is 4.72. The number of hydrogen-bond acceptors (Lipinski definition) is 4. The summed E-state index contributed by atoms with van der Waals surface area (Å²) >= 11 is 1.64. The minimum absolute atomic E-state index is 0.0923. The summed E-state index contributed by atoms with van der Waals surface area (Å²) in [5, 5.41) is 6.15. The average Bonchev–Trinajstić information content (AvgIpc) is 3.36. The van der Waals surface area contributed by atoms with Gasteiger partial charge >= 0.3 is 0 Å². The van der Waals surface area contributed by atoms with Gasteiger partial charge in [0.05, 0.1) is 13.2 Å². The van der Waals surface area contributed by atoms with Gasteiger partial charge in [-0.1, -0.05) is 6.07 Å². The Kier molecular flexibility index (Phi) is 5.76. The van der Waals surface area contributed by atoms with E-state index in [2.05, 4.69) is 18.3 Å². The second-order valence-electron chi connectivity index (χ2n) is 7.52. The van der Waals surface area contributed by atoms with Crippen molar-refractivity contribution in [1.29, 1.82) is 0 Å². The van der Waals surface area contributed by atoms with Gasteiger partial charge in [-0.3, -0.25) is 4.79 Å². The van der Waals surface area contributed by atoms with Crippen LogP contribution in [-0.2, 0) is 24.2 Å². The standard InChI is InChI=1S/C24H27NO3S/c1-4-27-23-16(3)24-20(18-9-5-6-10-21(18)28-24)13-19(23)15(2)12-22(26)25-14-17-8-7-11-29-17/h7-8,11-13H,4-6,9-10,14H2,1-3H3,(H,25,26)/b15-12+. The number of aryl methyl sites for hydroxylation is 3. The number of carbonyl (C=O) groups is 1. The van der Waals surface area contributed by atoms with E-state index in [0.29, 0.717) is 13.2 Å². The maximum atomic E-state index is 12.5. The second-order valence-corrected chi connectivity index (χ2v) is 8.56. The highest BCUT2D eigenvalue weighted by Gasteiger charge is 2.23. The summed E-state index contributed by atoms with van der Waals surface area (Å²) in [6, 6.07) is 6.17. The van der Waals surface area contributed by atoms with E-state index in [1.807, 2.05) is 31.4 Å². The van der Waals surface area contributed by atoms with Crippen molar-refractivity contribution in [2.45, 2.75) is 53.0 Å². The lowest BCUT2D eigenvalue weighted by molar-refractivity contribution is -0.116. The molecule has 4 nitrogen and oxygen atoms in total. The van der Waals surface area contributed by atoms with Gasteiger partial charge in [0.1, 0.15) is 17.1 Å². The molecule has 1 aromatic carbocycles. The van der Waals surface area contributed by atoms with E-state index in [4.69, 9.17) is 9.15 Å². The van der Waals surface area contributed by atoms with E-state index in [0.717, 1.165) is 51.5 Å². The lowest BCUT2D eigenvalue weighted by atomic mass is 9.93. The summed E-state index contributed by atoms with van der Waals surface area (Å²) in [4.78, 5) is 13.6. The molecule has 4 rings (SSSR count). The summed E-state index contributed by atoms with van der Waals surface area (Å²) in [6.45, 7) is 7.12. The van der Waals surface area contributed by atoms with Gasteiger partial charge in [0.15, 0.2) is 0 Å². The molecule has 1 amide bonds. The number of thiophene rings is 1. The Morgan fingerprint density at radius 3 is 2.93 bits per heavy atom. The highest BCUT2D eigenvalue weighted by Crippen LogP contribution is 2.41. The Balaban J connectivity index is 1.70. The molecule has 0 radical (unpaired) electrons. The quantitative estimate of drug-likeness (QED) is 0.524. The number of furan rings is 1. The van der Waals surface area contributed by atoms with Gasteiger partial charge in [-0.25, -0.2) is 0 Å². The van der Waals surface area contributed by atoms with Crippen LogP contribution in [0.2, 0.25) is 0 Å². The van der Waals surface area contributed by atoms with Gasteiger partial charge in [-0.15, -0.1) is 11.3 Å². The number of benzene rings is 1. The second kappa shape index (κ2) is 8.46. The van der Waals surface area contributed by atoms with E-state index in [1.54, 1.807) is 17.4 Å². The summed E-state index contributed by atoms with van der Waals surface area (Å²) < 4.78 is 12.2. The Morgan fingerprint density at radius 2 is 2.17 bits per heavy atom. The third kappa shape index (κ3) is 3.97. The van der Waals surface area contributed by atoms with Crippen LogP contribution in [0.25, 0.3) is 16.5 Å². The van der Waals surface area contributed by atoms with Gasteiger partial charge < -0.3 is 14.5 Å². The zero-order valence-corrected chi connectivity index (χ0v) is 18.1. The van der Waals surface area contributed by atoms with Gasteiger partial charge in [0.25, 0.3) is 0 Å². The fraction of sp³-hybridized carbons (Fsp3) is 0.375. The molecule has 0 saturated heterocycles. The van der Waals surface area contributed by atoms with Crippen LogP contribution in [0.1, 0.15) is 54.0 Å². The average molecular weight is 410 g/mol. The van der Waals surface area contributed by atoms with Crippen LogP contribution in [0.3, 0.4) is 0 Å². The molecule has 1 N–H and O–H groups in total. The van der Waals surface area contributed by atoms with Crippen molar-refractivity contribution in [2.24, 2.45) is 0 Å². The van der Waals surface area contributed by atoms with E-state index in [-0.39, 0.29) is 5.91 Å². The largest absolute Gasteiger partial charge is 0.493 e. The SMILES string of the molecule is CCOc1c(/C(C)=C/C(=O)NCc2cccs2)cc2c3c(oc2c1C)CCCC3. The molecule has 1 aliphatic rings. The smallest absolute Gasteiger partial charge is 0.244 e. The van der Waals surface area contributed by atoms with Crippen molar-refractivity contribution in [3.05, 3.63) is 57.0 Å². The summed E-state index contributed by atoms with van der Waals surface area (Å²) in [6.07, 6.45) is 6.11. The predicted octanol–water partition coefficient (Wildman–Crippen LogP) is 5.80. The molecule has 152 valence electrons. The zero-order valence-electron chi connectivity index (χ0n) is 17.3. The number of fused-ring (bicyclic) bond motifs is 3. The first-order chi connectivity index (χ1) is 14.1. The lowest BCUT2D eigenvalue weighted by Gasteiger charge is -2.15. The number of nitrogens with one attached hydrogen (secondary N) is 1. The maximum absolute atomic E-state index is 12.5. The van der Waals surface area contributed by atoms with Crippen LogP contribution in [-0.4, -0.2) is 12.5 Å². The number of allylic oxidation sites excluding steroid dienone is 1. The first-order valence-electron chi connectivity index (χ1n) is 10.3. The van der Waals surface area contributed by atoms with Crippen LogP contribution < -0.4 is 10.1 Å². The summed E-state index contributed by atoms with van der Waals surface area (Å²) in [7, 11) is 0. The lowest BCUT2D eigenvalue weighted by Crippen LogP contribution is -2.20. The molecule has 2 aromatic heterocycles. The Morgan fingerprint density at radius 1 is 1.34 bits per heavy atom. The minimum atomic E-state index is -0.0923. The molecule has 0 bridgehead atoms. The monoisotopic (exact) mass is 409 g/mol.